The normalized spacial score (nSPS) is 16.4. The van der Waals surface area contributed by atoms with E-state index in [0.29, 0.717) is 5.56 Å². The van der Waals surface area contributed by atoms with E-state index in [9.17, 15) is 4.79 Å². The third-order valence-corrected chi connectivity index (χ3v) is 4.19. The summed E-state index contributed by atoms with van der Waals surface area (Å²) in [6, 6.07) is 2.01. The van der Waals surface area contributed by atoms with Crippen molar-refractivity contribution < 1.29 is 4.79 Å². The van der Waals surface area contributed by atoms with E-state index >= 15 is 0 Å². The predicted octanol–water partition coefficient (Wildman–Crippen LogP) is 1.57. The van der Waals surface area contributed by atoms with Crippen molar-refractivity contribution >= 4 is 22.5 Å². The van der Waals surface area contributed by atoms with Gasteiger partial charge in [-0.1, -0.05) is 0 Å². The van der Waals surface area contributed by atoms with Gasteiger partial charge in [0.15, 0.2) is 5.78 Å². The number of nitrogens with one attached hydrogen (secondary N) is 1. The number of carbonyl (C=O) groups excluding carboxylic acids is 1. The molecule has 23 heavy (non-hydrogen) atoms. The van der Waals surface area contributed by atoms with E-state index in [0.717, 1.165) is 42.9 Å². The van der Waals surface area contributed by atoms with Crippen LogP contribution >= 0.6 is 0 Å². The van der Waals surface area contributed by atoms with Gasteiger partial charge in [0.1, 0.15) is 5.65 Å². The number of carbonyl (C=O) groups is 1. The van der Waals surface area contributed by atoms with Crippen LogP contribution in [-0.2, 0) is 0 Å². The summed E-state index contributed by atoms with van der Waals surface area (Å²) in [5.74, 6) is -0.00618. The van der Waals surface area contributed by atoms with Crippen molar-refractivity contribution in [3.8, 4) is 0 Å². The minimum atomic E-state index is -0.00618. The van der Waals surface area contributed by atoms with Crippen molar-refractivity contribution in [2.75, 3.05) is 52.2 Å². The standard InChI is InChI=1S/C17H23N5O/c1-20(2)7-5-15(23)13-12-19-17-16(13)14(4-6-18-17)22-10-8-21(3)9-11-22/h4-7,12H,8-11H2,1-3H3,(H,18,19). The molecule has 0 amide bonds. The topological polar surface area (TPSA) is 55.5 Å². The van der Waals surface area contributed by atoms with Crippen LogP contribution in [-0.4, -0.2) is 72.9 Å². The number of ketones is 1. The molecule has 0 saturated carbocycles. The van der Waals surface area contributed by atoms with Gasteiger partial charge in [0, 0.05) is 64.9 Å². The highest BCUT2D eigenvalue weighted by atomic mass is 16.1. The summed E-state index contributed by atoms with van der Waals surface area (Å²) in [6.45, 7) is 3.97. The zero-order valence-corrected chi connectivity index (χ0v) is 13.9. The van der Waals surface area contributed by atoms with Crippen molar-refractivity contribution in [1.82, 2.24) is 19.8 Å². The van der Waals surface area contributed by atoms with Crippen molar-refractivity contribution in [3.05, 3.63) is 36.3 Å². The van der Waals surface area contributed by atoms with Gasteiger partial charge in [-0.3, -0.25) is 4.79 Å². The Kier molecular flexibility index (Phi) is 4.34. The summed E-state index contributed by atoms with van der Waals surface area (Å²) in [5, 5.41) is 0.922. The van der Waals surface area contributed by atoms with Crippen molar-refractivity contribution in [1.29, 1.82) is 0 Å². The summed E-state index contributed by atoms with van der Waals surface area (Å²) in [4.78, 5) is 26.5. The zero-order chi connectivity index (χ0) is 16.4. The molecule has 0 atom stereocenters. The molecule has 1 fully saturated rings. The Morgan fingerprint density at radius 2 is 2.04 bits per heavy atom. The maximum Gasteiger partial charge on any atom is 0.189 e. The molecule has 0 aromatic carbocycles. The van der Waals surface area contributed by atoms with Gasteiger partial charge in [0.25, 0.3) is 0 Å². The molecule has 0 spiro atoms. The number of aromatic nitrogens is 2. The Morgan fingerprint density at radius 3 is 2.74 bits per heavy atom. The Balaban J connectivity index is 1.99. The van der Waals surface area contributed by atoms with Crippen LogP contribution in [0.15, 0.2) is 30.7 Å². The van der Waals surface area contributed by atoms with E-state index < -0.39 is 0 Å². The molecule has 0 aliphatic carbocycles. The summed E-state index contributed by atoms with van der Waals surface area (Å²) in [7, 11) is 5.93. The van der Waals surface area contributed by atoms with E-state index in [2.05, 4.69) is 26.8 Å². The molecular weight excluding hydrogens is 290 g/mol. The number of pyridine rings is 1. The molecule has 3 heterocycles. The van der Waals surface area contributed by atoms with Crippen LogP contribution in [0, 0.1) is 0 Å². The molecule has 3 rings (SSSR count). The molecule has 2 aromatic heterocycles. The van der Waals surface area contributed by atoms with Crippen LogP contribution in [0.5, 0.6) is 0 Å². The van der Waals surface area contributed by atoms with Gasteiger partial charge < -0.3 is 19.7 Å². The van der Waals surface area contributed by atoms with Gasteiger partial charge in [-0.15, -0.1) is 0 Å². The minimum Gasteiger partial charge on any atom is -0.383 e. The van der Waals surface area contributed by atoms with E-state index in [4.69, 9.17) is 0 Å². The van der Waals surface area contributed by atoms with E-state index in [-0.39, 0.29) is 5.78 Å². The molecular formula is C17H23N5O. The molecule has 1 aliphatic rings. The first-order chi connectivity index (χ1) is 11.1. The molecule has 6 nitrogen and oxygen atoms in total. The van der Waals surface area contributed by atoms with E-state index in [1.807, 2.05) is 25.1 Å². The van der Waals surface area contributed by atoms with Gasteiger partial charge in [-0.2, -0.15) is 0 Å². The summed E-state index contributed by atoms with van der Waals surface area (Å²) in [6.07, 6.45) is 6.94. The number of likely N-dealkylation sites (N-methyl/N-ethyl adjacent to an activating group) is 1. The number of nitrogens with zero attached hydrogens (tertiary/aromatic N) is 4. The Labute approximate surface area is 136 Å². The van der Waals surface area contributed by atoms with Crippen LogP contribution in [0.1, 0.15) is 10.4 Å². The fourth-order valence-corrected chi connectivity index (χ4v) is 2.85. The van der Waals surface area contributed by atoms with Crippen molar-refractivity contribution in [2.24, 2.45) is 0 Å². The molecule has 2 aromatic rings. The highest BCUT2D eigenvalue weighted by Crippen LogP contribution is 2.29. The quantitative estimate of drug-likeness (QED) is 0.686. The SMILES string of the molecule is CN(C)C=CC(=O)c1c[nH]c2nccc(N3CCN(C)CC3)c12. The largest absolute Gasteiger partial charge is 0.383 e. The minimum absolute atomic E-state index is 0.00618. The maximum absolute atomic E-state index is 12.5. The number of aromatic amines is 1. The van der Waals surface area contributed by atoms with Gasteiger partial charge in [0.05, 0.1) is 16.6 Å². The van der Waals surface area contributed by atoms with Crippen LogP contribution in [0.4, 0.5) is 5.69 Å². The van der Waals surface area contributed by atoms with Crippen molar-refractivity contribution in [2.45, 2.75) is 0 Å². The lowest BCUT2D eigenvalue weighted by Crippen LogP contribution is -2.44. The first kappa shape index (κ1) is 15.6. The summed E-state index contributed by atoms with van der Waals surface area (Å²) >= 11 is 0. The maximum atomic E-state index is 12.5. The lowest BCUT2D eigenvalue weighted by molar-refractivity contribution is 0.104. The lowest BCUT2D eigenvalue weighted by atomic mass is 10.1. The molecule has 6 heteroatoms. The highest BCUT2D eigenvalue weighted by molar-refractivity contribution is 6.15. The number of rotatable bonds is 4. The smallest absolute Gasteiger partial charge is 0.189 e. The monoisotopic (exact) mass is 313 g/mol. The number of hydrogen-bond donors (Lipinski definition) is 1. The fraction of sp³-hybridized carbons (Fsp3) is 0.412. The molecule has 0 bridgehead atoms. The number of hydrogen-bond acceptors (Lipinski definition) is 5. The number of allylic oxidation sites excluding steroid dienone is 1. The highest BCUT2D eigenvalue weighted by Gasteiger charge is 2.20. The zero-order valence-electron chi connectivity index (χ0n) is 13.9. The van der Waals surface area contributed by atoms with Gasteiger partial charge in [-0.05, 0) is 13.1 Å². The second kappa shape index (κ2) is 6.42. The van der Waals surface area contributed by atoms with Crippen LogP contribution < -0.4 is 4.90 Å². The Hall–Kier alpha value is -2.34. The molecule has 1 aliphatic heterocycles. The third-order valence-electron chi connectivity index (χ3n) is 4.19. The number of anilines is 1. The average molecular weight is 313 g/mol. The first-order valence-electron chi connectivity index (χ1n) is 7.85. The molecule has 1 N–H and O–H groups in total. The van der Waals surface area contributed by atoms with Crippen LogP contribution in [0.2, 0.25) is 0 Å². The van der Waals surface area contributed by atoms with Gasteiger partial charge in [-0.25, -0.2) is 4.98 Å². The number of piperazine rings is 1. The molecule has 0 radical (unpaired) electrons. The van der Waals surface area contributed by atoms with Crippen LogP contribution in [0.3, 0.4) is 0 Å². The number of H-pyrrole nitrogens is 1. The second-order valence-electron chi connectivity index (χ2n) is 6.19. The predicted molar refractivity (Wildman–Crippen MR) is 93.0 cm³/mol. The fourth-order valence-electron chi connectivity index (χ4n) is 2.85. The summed E-state index contributed by atoms with van der Waals surface area (Å²) in [5.41, 5.74) is 2.54. The summed E-state index contributed by atoms with van der Waals surface area (Å²) < 4.78 is 0. The molecule has 122 valence electrons. The molecule has 0 unspecified atom stereocenters. The van der Waals surface area contributed by atoms with Gasteiger partial charge >= 0.3 is 0 Å². The van der Waals surface area contributed by atoms with E-state index in [1.54, 1.807) is 24.7 Å². The third kappa shape index (κ3) is 3.22. The van der Waals surface area contributed by atoms with Crippen LogP contribution in [0.25, 0.3) is 11.0 Å². The Morgan fingerprint density at radius 1 is 1.30 bits per heavy atom. The number of fused-ring (bicyclic) bond motifs is 1. The second-order valence-corrected chi connectivity index (χ2v) is 6.19. The molecule has 1 saturated heterocycles. The van der Waals surface area contributed by atoms with E-state index in [1.165, 1.54) is 0 Å². The Bertz CT molecular complexity index is 726. The average Bonchev–Trinajstić information content (AvgIpc) is 2.97. The van der Waals surface area contributed by atoms with Gasteiger partial charge in [0.2, 0.25) is 0 Å². The van der Waals surface area contributed by atoms with Crippen molar-refractivity contribution in [3.63, 3.8) is 0 Å². The first-order valence-corrected chi connectivity index (χ1v) is 7.85. The lowest BCUT2D eigenvalue weighted by Gasteiger charge is -2.34.